The van der Waals surface area contributed by atoms with Gasteiger partial charge in [0.25, 0.3) is 0 Å². The van der Waals surface area contributed by atoms with Gasteiger partial charge in [0.15, 0.2) is 5.69 Å². The Hall–Kier alpha value is -3.28. The minimum Gasteiger partial charge on any atom is -0.477 e. The maximum Gasteiger partial charge on any atom is 0.354 e. The minimum absolute atomic E-state index is 0.0363. The molecule has 0 unspecified atom stereocenters. The van der Waals surface area contributed by atoms with Crippen molar-refractivity contribution >= 4 is 18.1 Å². The maximum atomic E-state index is 10.9. The molecule has 3 aromatic rings. The van der Waals surface area contributed by atoms with Crippen LogP contribution in [-0.4, -0.2) is 31.2 Å². The smallest absolute Gasteiger partial charge is 0.354 e. The first-order valence-corrected chi connectivity index (χ1v) is 6.97. The standard InChI is InChI=1S/C17H14N4O2/c1-11-3-2-4-12(7-11)16-13(9-20-21-16)5-6-14-8-15(17(22)23)19-10-18-14/h2-10H,1H3,(H,20,21)(H,22,23)/b6-5+. The highest BCUT2D eigenvalue weighted by atomic mass is 16.4. The van der Waals surface area contributed by atoms with Crippen molar-refractivity contribution in [3.63, 3.8) is 0 Å². The van der Waals surface area contributed by atoms with Gasteiger partial charge in [-0.3, -0.25) is 5.10 Å². The summed E-state index contributed by atoms with van der Waals surface area (Å²) in [6.45, 7) is 2.03. The Bertz CT molecular complexity index is 884. The van der Waals surface area contributed by atoms with Crippen LogP contribution in [0.4, 0.5) is 0 Å². The number of aromatic amines is 1. The van der Waals surface area contributed by atoms with E-state index in [9.17, 15) is 4.79 Å². The Morgan fingerprint density at radius 1 is 1.22 bits per heavy atom. The molecule has 0 fully saturated rings. The molecule has 1 aromatic carbocycles. The SMILES string of the molecule is Cc1cccc(-c2[nH]ncc2/C=C/c2cc(C(=O)O)ncn2)c1. The summed E-state index contributed by atoms with van der Waals surface area (Å²) in [7, 11) is 0. The van der Waals surface area contributed by atoms with Crippen LogP contribution >= 0.6 is 0 Å². The molecule has 23 heavy (non-hydrogen) atoms. The van der Waals surface area contributed by atoms with E-state index in [2.05, 4.69) is 26.2 Å². The van der Waals surface area contributed by atoms with Crippen LogP contribution in [0.5, 0.6) is 0 Å². The summed E-state index contributed by atoms with van der Waals surface area (Å²) in [6, 6.07) is 9.51. The largest absolute Gasteiger partial charge is 0.477 e. The van der Waals surface area contributed by atoms with E-state index in [4.69, 9.17) is 5.11 Å². The van der Waals surface area contributed by atoms with Crippen molar-refractivity contribution in [1.82, 2.24) is 20.2 Å². The van der Waals surface area contributed by atoms with Crippen LogP contribution in [-0.2, 0) is 0 Å². The lowest BCUT2D eigenvalue weighted by Crippen LogP contribution is -2.00. The number of carbonyl (C=O) groups is 1. The summed E-state index contributed by atoms with van der Waals surface area (Å²) in [6.07, 6.45) is 6.53. The third-order valence-electron chi connectivity index (χ3n) is 3.32. The molecule has 0 saturated heterocycles. The average molecular weight is 306 g/mol. The molecule has 3 rings (SSSR count). The lowest BCUT2D eigenvalue weighted by molar-refractivity contribution is 0.0690. The zero-order valence-corrected chi connectivity index (χ0v) is 12.4. The van der Waals surface area contributed by atoms with E-state index in [0.717, 1.165) is 22.4 Å². The molecular formula is C17H14N4O2. The number of carboxylic acids is 1. The maximum absolute atomic E-state index is 10.9. The number of nitrogens with zero attached hydrogens (tertiary/aromatic N) is 3. The van der Waals surface area contributed by atoms with E-state index in [-0.39, 0.29) is 5.69 Å². The summed E-state index contributed by atoms with van der Waals surface area (Å²) in [5.41, 5.74) is 4.48. The first-order valence-electron chi connectivity index (χ1n) is 6.97. The third kappa shape index (κ3) is 3.32. The lowest BCUT2D eigenvalue weighted by Gasteiger charge is -2.01. The van der Waals surface area contributed by atoms with Crippen molar-refractivity contribution in [1.29, 1.82) is 0 Å². The molecule has 0 saturated carbocycles. The van der Waals surface area contributed by atoms with Gasteiger partial charge < -0.3 is 5.11 Å². The highest BCUT2D eigenvalue weighted by Gasteiger charge is 2.07. The molecule has 114 valence electrons. The normalized spacial score (nSPS) is 11.0. The van der Waals surface area contributed by atoms with Crippen LogP contribution in [0.1, 0.15) is 27.3 Å². The van der Waals surface area contributed by atoms with E-state index in [1.165, 1.54) is 12.4 Å². The number of nitrogens with one attached hydrogen (secondary N) is 1. The predicted molar refractivity (Wildman–Crippen MR) is 86.7 cm³/mol. The van der Waals surface area contributed by atoms with Crippen LogP contribution < -0.4 is 0 Å². The summed E-state index contributed by atoms with van der Waals surface area (Å²) in [4.78, 5) is 18.7. The molecule has 0 aliphatic rings. The zero-order chi connectivity index (χ0) is 16.2. The monoisotopic (exact) mass is 306 g/mol. The highest BCUT2D eigenvalue weighted by Crippen LogP contribution is 2.23. The molecule has 0 aliphatic carbocycles. The van der Waals surface area contributed by atoms with Gasteiger partial charge in [0, 0.05) is 11.1 Å². The van der Waals surface area contributed by atoms with E-state index < -0.39 is 5.97 Å². The fourth-order valence-electron chi connectivity index (χ4n) is 2.21. The van der Waals surface area contributed by atoms with Crippen molar-refractivity contribution in [2.75, 3.05) is 0 Å². The summed E-state index contributed by atoms with van der Waals surface area (Å²) in [5.74, 6) is -1.08. The average Bonchev–Trinajstić information content (AvgIpc) is 3.02. The molecule has 6 nitrogen and oxygen atoms in total. The number of aryl methyl sites for hydroxylation is 1. The number of rotatable bonds is 4. The molecule has 0 radical (unpaired) electrons. The summed E-state index contributed by atoms with van der Waals surface area (Å²) >= 11 is 0. The van der Waals surface area contributed by atoms with Crippen molar-refractivity contribution in [3.8, 4) is 11.3 Å². The Morgan fingerprint density at radius 2 is 2.09 bits per heavy atom. The van der Waals surface area contributed by atoms with Gasteiger partial charge in [-0.25, -0.2) is 14.8 Å². The lowest BCUT2D eigenvalue weighted by atomic mass is 10.1. The van der Waals surface area contributed by atoms with Crippen molar-refractivity contribution < 1.29 is 9.90 Å². The fraction of sp³-hybridized carbons (Fsp3) is 0.0588. The van der Waals surface area contributed by atoms with Gasteiger partial charge in [-0.05, 0) is 31.2 Å². The number of hydrogen-bond acceptors (Lipinski definition) is 4. The number of hydrogen-bond donors (Lipinski definition) is 2. The molecule has 0 aliphatic heterocycles. The number of benzene rings is 1. The van der Waals surface area contributed by atoms with Crippen molar-refractivity contribution in [2.24, 2.45) is 0 Å². The van der Waals surface area contributed by atoms with Gasteiger partial charge in [-0.2, -0.15) is 5.10 Å². The van der Waals surface area contributed by atoms with Crippen LogP contribution in [0.2, 0.25) is 0 Å². The quantitative estimate of drug-likeness (QED) is 0.773. The van der Waals surface area contributed by atoms with Gasteiger partial charge in [-0.1, -0.05) is 23.8 Å². The van der Waals surface area contributed by atoms with Gasteiger partial charge >= 0.3 is 5.97 Å². The molecule has 0 atom stereocenters. The van der Waals surface area contributed by atoms with E-state index in [1.54, 1.807) is 12.3 Å². The summed E-state index contributed by atoms with van der Waals surface area (Å²) < 4.78 is 0. The number of H-pyrrole nitrogens is 1. The molecule has 2 aromatic heterocycles. The second kappa shape index (κ2) is 6.23. The first kappa shape index (κ1) is 14.6. The van der Waals surface area contributed by atoms with Crippen LogP contribution in [0.3, 0.4) is 0 Å². The Balaban J connectivity index is 1.91. The second-order valence-corrected chi connectivity index (χ2v) is 5.04. The van der Waals surface area contributed by atoms with Gasteiger partial charge in [-0.15, -0.1) is 0 Å². The highest BCUT2D eigenvalue weighted by molar-refractivity contribution is 5.86. The Labute approximate surface area is 132 Å². The van der Waals surface area contributed by atoms with Gasteiger partial charge in [0.05, 0.1) is 17.6 Å². The number of carboxylic acid groups (broad SMARTS) is 1. The molecule has 6 heteroatoms. The fourth-order valence-corrected chi connectivity index (χ4v) is 2.21. The topological polar surface area (TPSA) is 91.8 Å². The van der Waals surface area contributed by atoms with E-state index in [1.807, 2.05) is 31.2 Å². The van der Waals surface area contributed by atoms with Crippen LogP contribution in [0.25, 0.3) is 23.4 Å². The van der Waals surface area contributed by atoms with Gasteiger partial charge in [0.2, 0.25) is 0 Å². The molecule has 2 N–H and O–H groups in total. The van der Waals surface area contributed by atoms with Crippen molar-refractivity contribution in [2.45, 2.75) is 6.92 Å². The molecule has 0 amide bonds. The molecule has 0 bridgehead atoms. The second-order valence-electron chi connectivity index (χ2n) is 5.04. The minimum atomic E-state index is -1.08. The third-order valence-corrected chi connectivity index (χ3v) is 3.32. The molecule has 0 spiro atoms. The first-order chi connectivity index (χ1) is 11.1. The zero-order valence-electron chi connectivity index (χ0n) is 12.4. The summed E-state index contributed by atoms with van der Waals surface area (Å²) in [5, 5.41) is 16.0. The van der Waals surface area contributed by atoms with E-state index in [0.29, 0.717) is 5.69 Å². The molecule has 2 heterocycles. The Kier molecular flexibility index (Phi) is 3.97. The Morgan fingerprint density at radius 3 is 2.87 bits per heavy atom. The predicted octanol–water partition coefficient (Wildman–Crippen LogP) is 3.04. The van der Waals surface area contributed by atoms with Crippen LogP contribution in [0.15, 0.2) is 42.9 Å². The van der Waals surface area contributed by atoms with Crippen LogP contribution in [0, 0.1) is 6.92 Å². The van der Waals surface area contributed by atoms with Gasteiger partial charge in [0.1, 0.15) is 6.33 Å². The number of aromatic nitrogens is 4. The van der Waals surface area contributed by atoms with E-state index >= 15 is 0 Å². The number of aromatic carboxylic acids is 1. The molecular weight excluding hydrogens is 292 g/mol. The van der Waals surface area contributed by atoms with Crippen molar-refractivity contribution in [3.05, 3.63) is 65.4 Å².